The molecule has 1 unspecified atom stereocenters. The number of pyridine rings is 1. The molecule has 0 saturated carbocycles. The van der Waals surface area contributed by atoms with Crippen LogP contribution in [0.15, 0.2) is 12.3 Å². The SMILES string of the molecule is Cc1cnc(NCC(C)CCO)cc1[N+](=O)[O-]. The molecule has 6 heteroatoms. The van der Waals surface area contributed by atoms with E-state index < -0.39 is 4.92 Å². The van der Waals surface area contributed by atoms with Crippen molar-refractivity contribution in [3.8, 4) is 0 Å². The highest BCUT2D eigenvalue weighted by Gasteiger charge is 2.12. The second-order valence-electron chi connectivity index (χ2n) is 4.11. The van der Waals surface area contributed by atoms with Crippen molar-refractivity contribution in [3.63, 3.8) is 0 Å². The maximum atomic E-state index is 10.7. The third-order valence-electron chi connectivity index (χ3n) is 2.52. The van der Waals surface area contributed by atoms with Crippen LogP contribution < -0.4 is 5.32 Å². The maximum absolute atomic E-state index is 10.7. The molecular weight excluding hydrogens is 222 g/mol. The van der Waals surface area contributed by atoms with Gasteiger partial charge >= 0.3 is 0 Å². The van der Waals surface area contributed by atoms with Crippen molar-refractivity contribution in [3.05, 3.63) is 27.9 Å². The predicted octanol–water partition coefficient (Wildman–Crippen LogP) is 1.73. The molecule has 17 heavy (non-hydrogen) atoms. The Morgan fingerprint density at radius 3 is 2.94 bits per heavy atom. The van der Waals surface area contributed by atoms with Crippen LogP contribution in [0.25, 0.3) is 0 Å². The lowest BCUT2D eigenvalue weighted by Crippen LogP contribution is -2.13. The van der Waals surface area contributed by atoms with E-state index in [1.54, 1.807) is 6.92 Å². The summed E-state index contributed by atoms with van der Waals surface area (Å²) in [7, 11) is 0. The molecule has 0 fully saturated rings. The van der Waals surface area contributed by atoms with Gasteiger partial charge in [0.05, 0.1) is 11.0 Å². The van der Waals surface area contributed by atoms with Crippen LogP contribution in [0.1, 0.15) is 18.9 Å². The minimum atomic E-state index is -0.417. The number of aryl methyl sites for hydroxylation is 1. The van der Waals surface area contributed by atoms with Crippen molar-refractivity contribution in [2.75, 3.05) is 18.5 Å². The van der Waals surface area contributed by atoms with Crippen LogP contribution in [-0.4, -0.2) is 28.2 Å². The predicted molar refractivity (Wildman–Crippen MR) is 65.0 cm³/mol. The smallest absolute Gasteiger partial charge is 0.277 e. The summed E-state index contributed by atoms with van der Waals surface area (Å²) in [6.07, 6.45) is 2.18. The summed E-state index contributed by atoms with van der Waals surface area (Å²) in [6.45, 7) is 4.42. The molecule has 1 atom stereocenters. The highest BCUT2D eigenvalue weighted by molar-refractivity contribution is 5.48. The number of nitro groups is 1. The van der Waals surface area contributed by atoms with Crippen LogP contribution in [0, 0.1) is 23.0 Å². The number of aliphatic hydroxyl groups excluding tert-OH is 1. The zero-order chi connectivity index (χ0) is 12.8. The molecule has 0 aliphatic heterocycles. The first kappa shape index (κ1) is 13.4. The van der Waals surface area contributed by atoms with E-state index in [9.17, 15) is 10.1 Å². The van der Waals surface area contributed by atoms with Gasteiger partial charge in [0.25, 0.3) is 5.69 Å². The zero-order valence-corrected chi connectivity index (χ0v) is 10.0. The molecule has 1 aromatic heterocycles. The Hall–Kier alpha value is -1.69. The standard InChI is InChI=1S/C11H17N3O3/c1-8(3-4-15)6-12-11-5-10(14(16)17)9(2)7-13-11/h5,7-8,15H,3-4,6H2,1-2H3,(H,12,13). The van der Waals surface area contributed by atoms with E-state index >= 15 is 0 Å². The van der Waals surface area contributed by atoms with Gasteiger partial charge in [0.2, 0.25) is 0 Å². The van der Waals surface area contributed by atoms with E-state index in [4.69, 9.17) is 5.11 Å². The lowest BCUT2D eigenvalue weighted by Gasteiger charge is -2.11. The lowest BCUT2D eigenvalue weighted by molar-refractivity contribution is -0.385. The van der Waals surface area contributed by atoms with Gasteiger partial charge in [-0.15, -0.1) is 0 Å². The molecule has 1 heterocycles. The average Bonchev–Trinajstić information content (AvgIpc) is 2.28. The summed E-state index contributed by atoms with van der Waals surface area (Å²) in [5, 5.41) is 22.5. The van der Waals surface area contributed by atoms with Crippen molar-refractivity contribution in [2.24, 2.45) is 5.92 Å². The van der Waals surface area contributed by atoms with E-state index in [-0.39, 0.29) is 12.3 Å². The summed E-state index contributed by atoms with van der Waals surface area (Å²) < 4.78 is 0. The average molecular weight is 239 g/mol. The Kier molecular flexibility index (Phi) is 4.84. The van der Waals surface area contributed by atoms with Crippen LogP contribution in [0.4, 0.5) is 11.5 Å². The van der Waals surface area contributed by atoms with Crippen molar-refractivity contribution in [1.29, 1.82) is 0 Å². The van der Waals surface area contributed by atoms with Crippen LogP contribution in [0.3, 0.4) is 0 Å². The molecule has 0 aliphatic carbocycles. The zero-order valence-electron chi connectivity index (χ0n) is 10.0. The molecule has 0 aliphatic rings. The fraction of sp³-hybridized carbons (Fsp3) is 0.545. The first-order chi connectivity index (χ1) is 8.04. The molecule has 2 N–H and O–H groups in total. The number of aliphatic hydroxyl groups is 1. The van der Waals surface area contributed by atoms with Crippen LogP contribution in [0.2, 0.25) is 0 Å². The molecule has 0 radical (unpaired) electrons. The minimum absolute atomic E-state index is 0.0670. The number of anilines is 1. The van der Waals surface area contributed by atoms with Gasteiger partial charge in [-0.25, -0.2) is 4.98 Å². The molecule has 1 aromatic rings. The van der Waals surface area contributed by atoms with E-state index in [0.29, 0.717) is 30.3 Å². The van der Waals surface area contributed by atoms with Gasteiger partial charge in [0, 0.05) is 24.9 Å². The summed E-state index contributed by atoms with van der Waals surface area (Å²) in [5.41, 5.74) is 0.612. The van der Waals surface area contributed by atoms with Gasteiger partial charge in [0.15, 0.2) is 0 Å². The van der Waals surface area contributed by atoms with Crippen LogP contribution in [0.5, 0.6) is 0 Å². The summed E-state index contributed by atoms with van der Waals surface area (Å²) >= 11 is 0. The third kappa shape index (κ3) is 3.99. The molecule has 1 rings (SSSR count). The third-order valence-corrected chi connectivity index (χ3v) is 2.52. The Morgan fingerprint density at radius 1 is 1.65 bits per heavy atom. The fourth-order valence-electron chi connectivity index (χ4n) is 1.41. The Morgan fingerprint density at radius 2 is 2.35 bits per heavy atom. The molecule has 0 spiro atoms. The quantitative estimate of drug-likeness (QED) is 0.583. The second-order valence-corrected chi connectivity index (χ2v) is 4.11. The van der Waals surface area contributed by atoms with Crippen molar-refractivity contribution in [2.45, 2.75) is 20.3 Å². The number of nitrogens with one attached hydrogen (secondary N) is 1. The molecule has 94 valence electrons. The highest BCUT2D eigenvalue weighted by atomic mass is 16.6. The van der Waals surface area contributed by atoms with Gasteiger partial charge in [-0.05, 0) is 19.3 Å². The summed E-state index contributed by atoms with van der Waals surface area (Å²) in [4.78, 5) is 14.4. The van der Waals surface area contributed by atoms with Crippen LogP contribution in [-0.2, 0) is 0 Å². The second kappa shape index (κ2) is 6.15. The van der Waals surface area contributed by atoms with Gasteiger partial charge in [-0.2, -0.15) is 0 Å². The molecule has 0 aromatic carbocycles. The number of hydrogen-bond acceptors (Lipinski definition) is 5. The molecule has 6 nitrogen and oxygen atoms in total. The maximum Gasteiger partial charge on any atom is 0.277 e. The van der Waals surface area contributed by atoms with E-state index in [1.165, 1.54) is 12.3 Å². The molecular formula is C11H17N3O3. The Balaban J connectivity index is 2.66. The minimum Gasteiger partial charge on any atom is -0.396 e. The van der Waals surface area contributed by atoms with Crippen LogP contribution >= 0.6 is 0 Å². The monoisotopic (exact) mass is 239 g/mol. The van der Waals surface area contributed by atoms with Gasteiger partial charge in [0.1, 0.15) is 5.82 Å². The van der Waals surface area contributed by atoms with Crippen molar-refractivity contribution in [1.82, 2.24) is 4.98 Å². The normalized spacial score (nSPS) is 12.2. The molecule has 0 bridgehead atoms. The molecule has 0 amide bonds. The van der Waals surface area contributed by atoms with Gasteiger partial charge in [-0.1, -0.05) is 6.92 Å². The lowest BCUT2D eigenvalue weighted by atomic mass is 10.1. The van der Waals surface area contributed by atoms with Gasteiger partial charge < -0.3 is 10.4 Å². The largest absolute Gasteiger partial charge is 0.396 e. The summed E-state index contributed by atoms with van der Waals surface area (Å²) in [5.74, 6) is 0.786. The Labute approximate surface area is 99.8 Å². The number of nitrogens with zero attached hydrogens (tertiary/aromatic N) is 2. The number of rotatable bonds is 6. The topological polar surface area (TPSA) is 88.3 Å². The fourth-order valence-corrected chi connectivity index (χ4v) is 1.41. The van der Waals surface area contributed by atoms with E-state index in [2.05, 4.69) is 10.3 Å². The van der Waals surface area contributed by atoms with Gasteiger partial charge in [-0.3, -0.25) is 10.1 Å². The number of hydrogen-bond donors (Lipinski definition) is 2. The van der Waals surface area contributed by atoms with E-state index in [1.807, 2.05) is 6.92 Å². The number of aromatic nitrogens is 1. The van der Waals surface area contributed by atoms with Crippen molar-refractivity contribution >= 4 is 11.5 Å². The Bertz CT molecular complexity index is 396. The molecule has 0 saturated heterocycles. The highest BCUT2D eigenvalue weighted by Crippen LogP contribution is 2.20. The summed E-state index contributed by atoms with van der Waals surface area (Å²) in [6, 6.07) is 1.43. The first-order valence-electron chi connectivity index (χ1n) is 5.50. The first-order valence-corrected chi connectivity index (χ1v) is 5.50. The van der Waals surface area contributed by atoms with E-state index in [0.717, 1.165) is 0 Å². The van der Waals surface area contributed by atoms with Crippen molar-refractivity contribution < 1.29 is 10.0 Å².